The van der Waals surface area contributed by atoms with Gasteiger partial charge in [-0.25, -0.2) is 0 Å². The summed E-state index contributed by atoms with van der Waals surface area (Å²) >= 11 is 0. The minimum atomic E-state index is -0.0732. The number of hydrogen-bond donors (Lipinski definition) is 1. The van der Waals surface area contributed by atoms with Crippen LogP contribution in [0.5, 0.6) is 0 Å². The van der Waals surface area contributed by atoms with E-state index in [2.05, 4.69) is 26.1 Å². The summed E-state index contributed by atoms with van der Waals surface area (Å²) in [6, 6.07) is 8.04. The summed E-state index contributed by atoms with van der Waals surface area (Å²) in [5.41, 5.74) is 1.99. The van der Waals surface area contributed by atoms with Crippen molar-refractivity contribution >= 4 is 17.3 Å². The molecule has 18 heavy (non-hydrogen) atoms. The van der Waals surface area contributed by atoms with Gasteiger partial charge in [0.25, 0.3) is 0 Å². The van der Waals surface area contributed by atoms with Gasteiger partial charge in [0.15, 0.2) is 0 Å². The van der Waals surface area contributed by atoms with Crippen LogP contribution in [0.1, 0.15) is 40.0 Å². The fourth-order valence-corrected chi connectivity index (χ4v) is 2.38. The van der Waals surface area contributed by atoms with Crippen LogP contribution in [-0.2, 0) is 4.79 Å². The Morgan fingerprint density at radius 1 is 1.39 bits per heavy atom. The highest BCUT2D eigenvalue weighted by Crippen LogP contribution is 2.34. The number of carbonyl (C=O) groups excluding carboxylic acids is 1. The molecule has 0 spiro atoms. The van der Waals surface area contributed by atoms with Gasteiger partial charge in [0, 0.05) is 18.5 Å². The Labute approximate surface area is 109 Å². The predicted octanol–water partition coefficient (Wildman–Crippen LogP) is 3.41. The zero-order chi connectivity index (χ0) is 13.2. The van der Waals surface area contributed by atoms with Gasteiger partial charge in [0.1, 0.15) is 0 Å². The maximum absolute atomic E-state index is 12.3. The van der Waals surface area contributed by atoms with Crippen LogP contribution in [0, 0.1) is 0 Å². The minimum absolute atomic E-state index is 0.0732. The largest absolute Gasteiger partial charge is 0.377 e. The number of rotatable bonds is 3. The van der Waals surface area contributed by atoms with E-state index in [0.717, 1.165) is 30.8 Å². The average Bonchev–Trinajstić information content (AvgIpc) is 2.33. The fourth-order valence-electron chi connectivity index (χ4n) is 2.38. The average molecular weight is 246 g/mol. The van der Waals surface area contributed by atoms with Crippen molar-refractivity contribution in [2.45, 2.75) is 45.6 Å². The van der Waals surface area contributed by atoms with Gasteiger partial charge in [-0.1, -0.05) is 25.5 Å². The molecule has 1 aliphatic heterocycles. The maximum atomic E-state index is 12.3. The Balaban J connectivity index is 2.27. The molecule has 1 aromatic carbocycles. The molecule has 2 rings (SSSR count). The second kappa shape index (κ2) is 5.01. The summed E-state index contributed by atoms with van der Waals surface area (Å²) in [4.78, 5) is 14.2. The van der Waals surface area contributed by atoms with E-state index in [9.17, 15) is 4.79 Å². The molecule has 1 aromatic rings. The van der Waals surface area contributed by atoms with Crippen LogP contribution in [0.2, 0.25) is 0 Å². The Hall–Kier alpha value is -1.51. The lowest BCUT2D eigenvalue weighted by atomic mass is 9.98. The van der Waals surface area contributed by atoms with Crippen LogP contribution in [0.15, 0.2) is 24.3 Å². The number of para-hydroxylation sites is 2. The van der Waals surface area contributed by atoms with Gasteiger partial charge < -0.3 is 10.2 Å². The van der Waals surface area contributed by atoms with E-state index in [0.29, 0.717) is 6.42 Å². The molecule has 0 saturated carbocycles. The Kier molecular flexibility index (Phi) is 3.60. The van der Waals surface area contributed by atoms with Gasteiger partial charge in [-0.2, -0.15) is 0 Å². The first-order valence-corrected chi connectivity index (χ1v) is 6.71. The fraction of sp³-hybridized carbons (Fsp3) is 0.533. The van der Waals surface area contributed by atoms with Crippen LogP contribution in [0.3, 0.4) is 0 Å². The third-order valence-electron chi connectivity index (χ3n) is 3.27. The molecule has 0 bridgehead atoms. The number of benzene rings is 1. The first-order chi connectivity index (χ1) is 8.53. The maximum Gasteiger partial charge on any atom is 0.227 e. The highest BCUT2D eigenvalue weighted by molar-refractivity contribution is 5.98. The smallest absolute Gasteiger partial charge is 0.227 e. The molecule has 3 heteroatoms. The molecule has 1 N–H and O–H groups in total. The predicted molar refractivity (Wildman–Crippen MR) is 76.0 cm³/mol. The van der Waals surface area contributed by atoms with E-state index in [1.165, 1.54) is 0 Å². The molecule has 98 valence electrons. The number of anilines is 2. The zero-order valence-corrected chi connectivity index (χ0v) is 11.5. The summed E-state index contributed by atoms with van der Waals surface area (Å²) < 4.78 is 0. The van der Waals surface area contributed by atoms with Gasteiger partial charge >= 0.3 is 0 Å². The molecular weight excluding hydrogens is 224 g/mol. The van der Waals surface area contributed by atoms with Crippen molar-refractivity contribution in [1.29, 1.82) is 0 Å². The molecule has 0 radical (unpaired) electrons. The van der Waals surface area contributed by atoms with Gasteiger partial charge in [-0.05, 0) is 32.4 Å². The second-order valence-electron chi connectivity index (χ2n) is 5.61. The third kappa shape index (κ3) is 2.66. The number of unbranched alkanes of at least 4 members (excludes halogenated alkanes) is 1. The summed E-state index contributed by atoms with van der Waals surface area (Å²) in [7, 11) is 0. The standard InChI is InChI=1S/C15H22N2O/c1-4-5-10-14(18)17-11-15(2,3)16-12-8-6-7-9-13(12)17/h6-9,16H,4-5,10-11H2,1-3H3. The molecule has 1 heterocycles. The van der Waals surface area contributed by atoms with Gasteiger partial charge in [0.2, 0.25) is 5.91 Å². The second-order valence-corrected chi connectivity index (χ2v) is 5.61. The quantitative estimate of drug-likeness (QED) is 0.886. The van der Waals surface area contributed by atoms with Crippen molar-refractivity contribution in [2.24, 2.45) is 0 Å². The van der Waals surface area contributed by atoms with E-state index in [1.807, 2.05) is 29.2 Å². The molecule has 3 nitrogen and oxygen atoms in total. The number of hydrogen-bond acceptors (Lipinski definition) is 2. The SMILES string of the molecule is CCCCC(=O)N1CC(C)(C)Nc2ccccc21. The van der Waals surface area contributed by atoms with Crippen molar-refractivity contribution in [1.82, 2.24) is 0 Å². The highest BCUT2D eigenvalue weighted by Gasteiger charge is 2.31. The highest BCUT2D eigenvalue weighted by atomic mass is 16.2. The monoisotopic (exact) mass is 246 g/mol. The Morgan fingerprint density at radius 3 is 2.83 bits per heavy atom. The van der Waals surface area contributed by atoms with Crippen LogP contribution >= 0.6 is 0 Å². The van der Waals surface area contributed by atoms with Crippen LogP contribution in [0.4, 0.5) is 11.4 Å². The van der Waals surface area contributed by atoms with E-state index in [-0.39, 0.29) is 11.4 Å². The normalized spacial score (nSPS) is 16.9. The lowest BCUT2D eigenvalue weighted by Gasteiger charge is -2.41. The van der Waals surface area contributed by atoms with E-state index in [1.54, 1.807) is 0 Å². The van der Waals surface area contributed by atoms with Gasteiger partial charge in [-0.15, -0.1) is 0 Å². The number of fused-ring (bicyclic) bond motifs is 1. The molecule has 0 fully saturated rings. The molecule has 1 aliphatic rings. The van der Waals surface area contributed by atoms with Gasteiger partial charge in [-0.3, -0.25) is 4.79 Å². The number of amides is 1. The first kappa shape index (κ1) is 12.9. The summed E-state index contributed by atoms with van der Waals surface area (Å²) in [6.07, 6.45) is 2.66. The van der Waals surface area contributed by atoms with E-state index in [4.69, 9.17) is 0 Å². The lowest BCUT2D eigenvalue weighted by Crippen LogP contribution is -2.50. The van der Waals surface area contributed by atoms with E-state index < -0.39 is 0 Å². The first-order valence-electron chi connectivity index (χ1n) is 6.71. The summed E-state index contributed by atoms with van der Waals surface area (Å²) in [6.45, 7) is 7.10. The van der Waals surface area contributed by atoms with Crippen molar-refractivity contribution < 1.29 is 4.79 Å². The van der Waals surface area contributed by atoms with Crippen molar-refractivity contribution in [3.05, 3.63) is 24.3 Å². The number of nitrogens with one attached hydrogen (secondary N) is 1. The number of nitrogens with zero attached hydrogens (tertiary/aromatic N) is 1. The molecule has 0 aromatic heterocycles. The summed E-state index contributed by atoms with van der Waals surface area (Å²) in [5, 5.41) is 3.48. The Bertz CT molecular complexity index is 440. The van der Waals surface area contributed by atoms with Crippen LogP contribution < -0.4 is 10.2 Å². The van der Waals surface area contributed by atoms with Crippen LogP contribution in [-0.4, -0.2) is 18.0 Å². The van der Waals surface area contributed by atoms with E-state index >= 15 is 0 Å². The van der Waals surface area contributed by atoms with Gasteiger partial charge in [0.05, 0.1) is 11.4 Å². The van der Waals surface area contributed by atoms with Crippen molar-refractivity contribution in [2.75, 3.05) is 16.8 Å². The van der Waals surface area contributed by atoms with Crippen LogP contribution in [0.25, 0.3) is 0 Å². The molecular formula is C15H22N2O. The van der Waals surface area contributed by atoms with Crippen molar-refractivity contribution in [3.8, 4) is 0 Å². The molecule has 0 aliphatic carbocycles. The Morgan fingerprint density at radius 2 is 2.11 bits per heavy atom. The minimum Gasteiger partial charge on any atom is -0.377 e. The molecule has 0 atom stereocenters. The lowest BCUT2D eigenvalue weighted by molar-refractivity contribution is -0.118. The molecule has 0 saturated heterocycles. The number of carbonyl (C=O) groups is 1. The summed E-state index contributed by atoms with van der Waals surface area (Å²) in [5.74, 6) is 0.235. The topological polar surface area (TPSA) is 32.3 Å². The third-order valence-corrected chi connectivity index (χ3v) is 3.27. The molecule has 0 unspecified atom stereocenters. The zero-order valence-electron chi connectivity index (χ0n) is 11.5. The van der Waals surface area contributed by atoms with Crippen molar-refractivity contribution in [3.63, 3.8) is 0 Å². The molecule has 1 amide bonds.